The molecule has 1 aromatic carbocycles. The maximum atomic E-state index is 10.9. The Hall–Kier alpha value is -2.36. The van der Waals surface area contributed by atoms with Crippen molar-refractivity contribution in [2.75, 3.05) is 5.32 Å². The van der Waals surface area contributed by atoms with E-state index in [9.17, 15) is 4.79 Å². The molecule has 0 aliphatic carbocycles. The van der Waals surface area contributed by atoms with Crippen molar-refractivity contribution in [3.8, 4) is 0 Å². The first-order valence-corrected chi connectivity index (χ1v) is 6.10. The number of carboxylic acids is 1. The third kappa shape index (κ3) is 3.10. The van der Waals surface area contributed by atoms with Gasteiger partial charge in [-0.2, -0.15) is 0 Å². The fourth-order valence-electron chi connectivity index (χ4n) is 2.01. The zero-order valence-corrected chi connectivity index (χ0v) is 10.9. The van der Waals surface area contributed by atoms with Crippen molar-refractivity contribution in [2.24, 2.45) is 0 Å². The normalized spacial score (nSPS) is 11.9. The number of anilines is 1. The number of carboxylic acid groups (broad SMARTS) is 1. The highest BCUT2D eigenvalue weighted by atomic mass is 16.4. The largest absolute Gasteiger partial charge is 0.477 e. The van der Waals surface area contributed by atoms with E-state index in [1.54, 1.807) is 12.1 Å². The zero-order chi connectivity index (χ0) is 13.8. The van der Waals surface area contributed by atoms with E-state index in [1.807, 2.05) is 25.1 Å². The van der Waals surface area contributed by atoms with E-state index in [1.165, 1.54) is 17.2 Å². The first-order valence-electron chi connectivity index (χ1n) is 6.10. The number of nitrogens with one attached hydrogen (secondary N) is 1. The molecule has 98 valence electrons. The molecule has 0 saturated heterocycles. The molecule has 0 amide bonds. The summed E-state index contributed by atoms with van der Waals surface area (Å²) in [5, 5.41) is 12.1. The first-order chi connectivity index (χ1) is 9.08. The Morgan fingerprint density at radius 3 is 2.63 bits per heavy atom. The Labute approximate surface area is 112 Å². The summed E-state index contributed by atoms with van der Waals surface area (Å²) in [6, 6.07) is 13.1. The Balaban J connectivity index is 2.19. The van der Waals surface area contributed by atoms with Crippen LogP contribution in [0.15, 0.2) is 42.5 Å². The fourth-order valence-corrected chi connectivity index (χ4v) is 2.01. The first kappa shape index (κ1) is 13.1. The average Bonchev–Trinajstić information content (AvgIpc) is 2.39. The molecular formula is C15H16N2O2. The van der Waals surface area contributed by atoms with Gasteiger partial charge >= 0.3 is 5.97 Å². The molecule has 0 aliphatic rings. The van der Waals surface area contributed by atoms with E-state index in [2.05, 4.69) is 23.3 Å². The van der Waals surface area contributed by atoms with Gasteiger partial charge in [-0.1, -0.05) is 30.3 Å². The van der Waals surface area contributed by atoms with Crippen molar-refractivity contribution in [1.82, 2.24) is 4.98 Å². The number of carbonyl (C=O) groups is 1. The highest BCUT2D eigenvalue weighted by molar-refractivity contribution is 5.85. The highest BCUT2D eigenvalue weighted by Crippen LogP contribution is 2.20. The molecule has 2 rings (SSSR count). The lowest BCUT2D eigenvalue weighted by atomic mass is 10.0. The van der Waals surface area contributed by atoms with Crippen molar-refractivity contribution >= 4 is 11.8 Å². The molecule has 0 bridgehead atoms. The molecular weight excluding hydrogens is 240 g/mol. The quantitative estimate of drug-likeness (QED) is 0.881. The maximum Gasteiger partial charge on any atom is 0.354 e. The summed E-state index contributed by atoms with van der Waals surface area (Å²) in [4.78, 5) is 14.9. The minimum absolute atomic E-state index is 0.0435. The molecule has 0 aliphatic heterocycles. The molecule has 1 aromatic heterocycles. The van der Waals surface area contributed by atoms with Crippen LogP contribution in [0.5, 0.6) is 0 Å². The van der Waals surface area contributed by atoms with Gasteiger partial charge < -0.3 is 10.4 Å². The number of aromatic nitrogens is 1. The number of aryl methyl sites for hydroxylation is 1. The summed E-state index contributed by atoms with van der Waals surface area (Å²) in [6.45, 7) is 4.08. The maximum absolute atomic E-state index is 10.9. The van der Waals surface area contributed by atoms with Gasteiger partial charge in [0.1, 0.15) is 5.82 Å². The number of hydrogen-bond donors (Lipinski definition) is 2. The van der Waals surface area contributed by atoms with Gasteiger partial charge in [0.2, 0.25) is 0 Å². The lowest BCUT2D eigenvalue weighted by Crippen LogP contribution is -2.11. The van der Waals surface area contributed by atoms with Crippen LogP contribution in [-0.2, 0) is 0 Å². The van der Waals surface area contributed by atoms with Gasteiger partial charge in [-0.3, -0.25) is 0 Å². The van der Waals surface area contributed by atoms with E-state index in [0.29, 0.717) is 5.82 Å². The lowest BCUT2D eigenvalue weighted by molar-refractivity contribution is 0.0690. The van der Waals surface area contributed by atoms with Crippen LogP contribution in [0.25, 0.3) is 0 Å². The molecule has 0 fully saturated rings. The molecule has 1 unspecified atom stereocenters. The molecule has 0 spiro atoms. The Morgan fingerprint density at radius 2 is 1.95 bits per heavy atom. The van der Waals surface area contributed by atoms with Crippen LogP contribution < -0.4 is 5.32 Å². The highest BCUT2D eigenvalue weighted by Gasteiger charge is 2.10. The van der Waals surface area contributed by atoms with Gasteiger partial charge in [0.15, 0.2) is 5.69 Å². The van der Waals surface area contributed by atoms with Crippen LogP contribution in [0.3, 0.4) is 0 Å². The summed E-state index contributed by atoms with van der Waals surface area (Å²) in [7, 11) is 0. The molecule has 2 N–H and O–H groups in total. The standard InChI is InChI=1S/C15H16N2O2/c1-10-6-3-4-7-12(10)11(2)16-14-9-5-8-13(17-14)15(18)19/h3-9,11H,1-2H3,(H,16,17)(H,18,19). The summed E-state index contributed by atoms with van der Waals surface area (Å²) >= 11 is 0. The Bertz CT molecular complexity index is 596. The van der Waals surface area contributed by atoms with E-state index in [4.69, 9.17) is 5.11 Å². The molecule has 4 nitrogen and oxygen atoms in total. The van der Waals surface area contributed by atoms with Crippen molar-refractivity contribution < 1.29 is 9.90 Å². The van der Waals surface area contributed by atoms with E-state index >= 15 is 0 Å². The molecule has 4 heteroatoms. The summed E-state index contributed by atoms with van der Waals surface area (Å²) in [5.41, 5.74) is 2.41. The SMILES string of the molecule is Cc1ccccc1C(C)Nc1cccc(C(=O)O)n1. The molecule has 0 radical (unpaired) electrons. The predicted octanol–water partition coefficient (Wildman–Crippen LogP) is 3.26. The van der Waals surface area contributed by atoms with Crippen LogP contribution in [-0.4, -0.2) is 16.1 Å². The van der Waals surface area contributed by atoms with Crippen LogP contribution in [0, 0.1) is 6.92 Å². The third-order valence-electron chi connectivity index (χ3n) is 2.99. The van der Waals surface area contributed by atoms with Crippen molar-refractivity contribution in [3.63, 3.8) is 0 Å². The second-order valence-corrected chi connectivity index (χ2v) is 4.44. The van der Waals surface area contributed by atoms with E-state index in [-0.39, 0.29) is 11.7 Å². The van der Waals surface area contributed by atoms with Gasteiger partial charge in [-0.25, -0.2) is 9.78 Å². The monoisotopic (exact) mass is 256 g/mol. The predicted molar refractivity (Wildman–Crippen MR) is 74.4 cm³/mol. The smallest absolute Gasteiger partial charge is 0.354 e. The van der Waals surface area contributed by atoms with Gasteiger partial charge in [0.05, 0.1) is 6.04 Å². The second-order valence-electron chi connectivity index (χ2n) is 4.44. The third-order valence-corrected chi connectivity index (χ3v) is 2.99. The van der Waals surface area contributed by atoms with Crippen molar-refractivity contribution in [1.29, 1.82) is 0 Å². The second kappa shape index (κ2) is 5.52. The van der Waals surface area contributed by atoms with Crippen LogP contribution in [0.4, 0.5) is 5.82 Å². The number of aromatic carboxylic acids is 1. The molecule has 19 heavy (non-hydrogen) atoms. The van der Waals surface area contributed by atoms with Crippen molar-refractivity contribution in [3.05, 3.63) is 59.3 Å². The summed E-state index contributed by atoms with van der Waals surface area (Å²) < 4.78 is 0. The van der Waals surface area contributed by atoms with E-state index < -0.39 is 5.97 Å². The Morgan fingerprint density at radius 1 is 1.21 bits per heavy atom. The molecule has 2 aromatic rings. The van der Waals surface area contributed by atoms with Gasteiger partial charge in [0.25, 0.3) is 0 Å². The number of hydrogen-bond acceptors (Lipinski definition) is 3. The van der Waals surface area contributed by atoms with Crippen molar-refractivity contribution in [2.45, 2.75) is 19.9 Å². The number of rotatable bonds is 4. The van der Waals surface area contributed by atoms with Crippen LogP contribution in [0.2, 0.25) is 0 Å². The number of nitrogens with zero attached hydrogens (tertiary/aromatic N) is 1. The lowest BCUT2D eigenvalue weighted by Gasteiger charge is -2.17. The Kier molecular flexibility index (Phi) is 3.80. The zero-order valence-electron chi connectivity index (χ0n) is 10.9. The molecule has 1 atom stereocenters. The molecule has 1 heterocycles. The number of benzene rings is 1. The van der Waals surface area contributed by atoms with E-state index in [0.717, 1.165) is 0 Å². The minimum Gasteiger partial charge on any atom is -0.477 e. The van der Waals surface area contributed by atoms with Crippen LogP contribution >= 0.6 is 0 Å². The summed E-state index contributed by atoms with van der Waals surface area (Å²) in [5.74, 6) is -0.456. The van der Waals surface area contributed by atoms with Gasteiger partial charge in [0, 0.05) is 0 Å². The topological polar surface area (TPSA) is 62.2 Å². The summed E-state index contributed by atoms with van der Waals surface area (Å²) in [6.07, 6.45) is 0. The fraction of sp³-hybridized carbons (Fsp3) is 0.200. The minimum atomic E-state index is -1.02. The molecule has 0 saturated carbocycles. The van der Waals surface area contributed by atoms with Crippen LogP contribution in [0.1, 0.15) is 34.6 Å². The number of pyridine rings is 1. The average molecular weight is 256 g/mol. The van der Waals surface area contributed by atoms with Gasteiger partial charge in [-0.05, 0) is 37.1 Å². The van der Waals surface area contributed by atoms with Gasteiger partial charge in [-0.15, -0.1) is 0 Å².